The highest BCUT2D eigenvalue weighted by Crippen LogP contribution is 2.46. The number of hydrogen-bond donors (Lipinski definition) is 2. The Labute approximate surface area is 331 Å². The number of phosphoric ester groups is 1. The van der Waals surface area contributed by atoms with Gasteiger partial charge in [-0.15, -0.1) is 0 Å². The summed E-state index contributed by atoms with van der Waals surface area (Å²) in [5.41, 5.74) is 0. The van der Waals surface area contributed by atoms with Gasteiger partial charge in [0.25, 0.3) is 0 Å². The highest BCUT2D eigenvalue weighted by molar-refractivity contribution is 7.47. The fraction of sp³-hybridized carbons (Fsp3) is 1.00. The molecule has 2 unspecified atom stereocenters. The molecule has 1 aliphatic heterocycles. The van der Waals surface area contributed by atoms with E-state index in [1.807, 2.05) is 0 Å². The summed E-state index contributed by atoms with van der Waals surface area (Å²) in [5, 5.41) is 9.23. The molecule has 0 aromatic heterocycles. The first kappa shape index (κ1) is 51.0. The van der Waals surface area contributed by atoms with Crippen molar-refractivity contribution in [2.24, 2.45) is 0 Å². The maximum Gasteiger partial charge on any atom is 0.472 e. The van der Waals surface area contributed by atoms with Crippen molar-refractivity contribution in [1.82, 2.24) is 0 Å². The van der Waals surface area contributed by atoms with Crippen molar-refractivity contribution in [3.05, 3.63) is 0 Å². The predicted octanol–water partition coefficient (Wildman–Crippen LogP) is 15.5. The van der Waals surface area contributed by atoms with Gasteiger partial charge in [-0.25, -0.2) is 4.57 Å². The molecule has 0 spiro atoms. The number of phosphoric acid groups is 1. The molecule has 0 amide bonds. The summed E-state index contributed by atoms with van der Waals surface area (Å²) in [6, 6.07) is 0. The molecule has 1 fully saturated rings. The van der Waals surface area contributed by atoms with Crippen LogP contribution in [-0.4, -0.2) is 42.0 Å². The lowest BCUT2D eigenvalue weighted by molar-refractivity contribution is -0.000571. The lowest BCUT2D eigenvalue weighted by atomic mass is 10.0. The second-order valence-corrected chi connectivity index (χ2v) is 18.2. The molecule has 1 saturated heterocycles. The van der Waals surface area contributed by atoms with Gasteiger partial charge >= 0.3 is 7.82 Å². The summed E-state index contributed by atoms with van der Waals surface area (Å²) in [5.74, 6) is 0. The number of unbranched alkanes of at least 4 members (excludes halogenated alkanes) is 38. The maximum absolute atomic E-state index is 12.1. The van der Waals surface area contributed by atoms with E-state index in [4.69, 9.17) is 13.8 Å². The largest absolute Gasteiger partial charge is 0.472 e. The highest BCUT2D eigenvalue weighted by atomic mass is 31.2. The maximum atomic E-state index is 12.1. The molecule has 318 valence electrons. The fourth-order valence-electron chi connectivity index (χ4n) is 8.02. The van der Waals surface area contributed by atoms with Crippen LogP contribution in [0.1, 0.15) is 264 Å². The van der Waals surface area contributed by atoms with Gasteiger partial charge in [-0.2, -0.15) is 0 Å². The minimum absolute atomic E-state index is 0.218. The third-order valence-electron chi connectivity index (χ3n) is 11.6. The SMILES string of the molecule is CCCCCCCCCCCCCCCCCCCCCCCCCCCCCCCCCCCCCCCCCOP(=O)(O)OC1CCO[C@@H]1CO. The van der Waals surface area contributed by atoms with E-state index >= 15 is 0 Å². The topological polar surface area (TPSA) is 85.2 Å². The van der Waals surface area contributed by atoms with Gasteiger partial charge in [0.1, 0.15) is 12.2 Å². The predicted molar refractivity (Wildman–Crippen MR) is 228 cm³/mol. The van der Waals surface area contributed by atoms with E-state index < -0.39 is 20.0 Å². The third-order valence-corrected chi connectivity index (χ3v) is 12.6. The zero-order chi connectivity index (χ0) is 38.2. The minimum atomic E-state index is -4.09. The Morgan fingerprint density at radius 2 is 0.736 bits per heavy atom. The summed E-state index contributed by atoms with van der Waals surface area (Å²) in [4.78, 5) is 9.90. The lowest BCUT2D eigenvalue weighted by Gasteiger charge is -2.20. The monoisotopic (exact) mass is 773 g/mol. The Morgan fingerprint density at radius 1 is 0.472 bits per heavy atom. The van der Waals surface area contributed by atoms with Crippen LogP contribution in [0.3, 0.4) is 0 Å². The van der Waals surface area contributed by atoms with E-state index in [2.05, 4.69) is 6.92 Å². The van der Waals surface area contributed by atoms with Crippen molar-refractivity contribution in [2.45, 2.75) is 276 Å². The zero-order valence-corrected chi connectivity index (χ0v) is 36.4. The number of aliphatic hydroxyl groups is 1. The molecule has 7 heteroatoms. The van der Waals surface area contributed by atoms with Gasteiger partial charge in [-0.05, 0) is 6.42 Å². The van der Waals surface area contributed by atoms with Crippen LogP contribution in [0.5, 0.6) is 0 Å². The molecule has 0 saturated carbocycles. The normalized spacial score (nSPS) is 17.2. The van der Waals surface area contributed by atoms with Crippen LogP contribution in [-0.2, 0) is 18.3 Å². The Balaban J connectivity index is 1.65. The van der Waals surface area contributed by atoms with E-state index in [1.165, 1.54) is 231 Å². The molecule has 1 heterocycles. The van der Waals surface area contributed by atoms with E-state index in [0.717, 1.165) is 19.3 Å². The third kappa shape index (κ3) is 36.1. The Kier molecular flexibility index (Phi) is 38.8. The number of ether oxygens (including phenoxy) is 1. The van der Waals surface area contributed by atoms with Crippen molar-refractivity contribution in [2.75, 3.05) is 19.8 Å². The van der Waals surface area contributed by atoms with Crippen molar-refractivity contribution in [3.63, 3.8) is 0 Å². The van der Waals surface area contributed by atoms with Crippen molar-refractivity contribution >= 4 is 7.82 Å². The number of rotatable bonds is 44. The molecular weight excluding hydrogens is 679 g/mol. The number of aliphatic hydroxyl groups excluding tert-OH is 1. The first-order chi connectivity index (χ1) is 26.1. The minimum Gasteiger partial charge on any atom is -0.394 e. The molecule has 0 aromatic carbocycles. The standard InChI is InChI=1S/C46H93O6P/c1-2-3-4-5-6-7-8-9-10-11-12-13-14-15-16-17-18-19-20-21-22-23-24-25-26-27-28-29-30-31-32-33-34-35-36-37-38-39-40-42-51-53(48,49)52-45-41-43-50-46(45)44-47/h45-47H,2-44H2,1H3,(H,48,49)/t45?,46-/m1/s1. The van der Waals surface area contributed by atoms with Crippen LogP contribution in [0, 0.1) is 0 Å². The van der Waals surface area contributed by atoms with Gasteiger partial charge < -0.3 is 14.7 Å². The van der Waals surface area contributed by atoms with Gasteiger partial charge in [0.2, 0.25) is 0 Å². The molecule has 6 nitrogen and oxygen atoms in total. The van der Waals surface area contributed by atoms with E-state index in [-0.39, 0.29) is 13.2 Å². The van der Waals surface area contributed by atoms with Crippen LogP contribution in [0.4, 0.5) is 0 Å². The van der Waals surface area contributed by atoms with Crippen LogP contribution < -0.4 is 0 Å². The van der Waals surface area contributed by atoms with Gasteiger partial charge in [0.05, 0.1) is 13.2 Å². The van der Waals surface area contributed by atoms with E-state index in [9.17, 15) is 14.6 Å². The molecule has 0 aromatic rings. The molecule has 0 bridgehead atoms. The zero-order valence-electron chi connectivity index (χ0n) is 35.5. The van der Waals surface area contributed by atoms with Gasteiger partial charge in [0.15, 0.2) is 0 Å². The van der Waals surface area contributed by atoms with Crippen LogP contribution in [0.15, 0.2) is 0 Å². The van der Waals surface area contributed by atoms with Crippen molar-refractivity contribution in [1.29, 1.82) is 0 Å². The second-order valence-electron chi connectivity index (χ2n) is 16.8. The average molecular weight is 773 g/mol. The summed E-state index contributed by atoms with van der Waals surface area (Å²) < 4.78 is 27.7. The quantitative estimate of drug-likeness (QED) is 0.0474. The molecule has 1 rings (SSSR count). The summed E-state index contributed by atoms with van der Waals surface area (Å²) in [6.45, 7) is 2.74. The first-order valence-electron chi connectivity index (χ1n) is 24.0. The molecule has 53 heavy (non-hydrogen) atoms. The van der Waals surface area contributed by atoms with Crippen molar-refractivity contribution < 1.29 is 28.3 Å². The summed E-state index contributed by atoms with van der Waals surface area (Å²) in [7, 11) is -4.09. The van der Waals surface area contributed by atoms with Crippen molar-refractivity contribution in [3.8, 4) is 0 Å². The van der Waals surface area contributed by atoms with Gasteiger partial charge in [-0.1, -0.05) is 251 Å². The summed E-state index contributed by atoms with van der Waals surface area (Å²) >= 11 is 0. The van der Waals surface area contributed by atoms with Crippen LogP contribution in [0.2, 0.25) is 0 Å². The highest BCUT2D eigenvalue weighted by Gasteiger charge is 2.35. The molecule has 0 aliphatic carbocycles. The van der Waals surface area contributed by atoms with E-state index in [0.29, 0.717) is 13.0 Å². The van der Waals surface area contributed by atoms with Crippen LogP contribution in [0.25, 0.3) is 0 Å². The van der Waals surface area contributed by atoms with Gasteiger partial charge in [-0.3, -0.25) is 9.05 Å². The summed E-state index contributed by atoms with van der Waals surface area (Å²) in [6.07, 6.45) is 54.0. The molecule has 2 N–H and O–H groups in total. The number of hydrogen-bond acceptors (Lipinski definition) is 5. The van der Waals surface area contributed by atoms with E-state index in [1.54, 1.807) is 0 Å². The first-order valence-corrected chi connectivity index (χ1v) is 25.5. The molecular formula is C46H93O6P. The lowest BCUT2D eigenvalue weighted by Crippen LogP contribution is -2.27. The second kappa shape index (κ2) is 40.2. The van der Waals surface area contributed by atoms with Crippen LogP contribution >= 0.6 is 7.82 Å². The Morgan fingerprint density at radius 3 is 1.00 bits per heavy atom. The smallest absolute Gasteiger partial charge is 0.394 e. The average Bonchev–Trinajstić information content (AvgIpc) is 3.60. The molecule has 0 radical (unpaired) electrons. The Bertz CT molecular complexity index is 766. The Hall–Kier alpha value is 0.0300. The fourth-order valence-corrected chi connectivity index (χ4v) is 9.02. The van der Waals surface area contributed by atoms with Gasteiger partial charge in [0, 0.05) is 13.0 Å². The molecule has 1 aliphatic rings. The molecule has 3 atom stereocenters.